The highest BCUT2D eigenvalue weighted by Crippen LogP contribution is 2.23. The van der Waals surface area contributed by atoms with Gasteiger partial charge >= 0.3 is 0 Å². The number of nitrogens with two attached hydrogens (primary N) is 1. The van der Waals surface area contributed by atoms with Crippen LogP contribution in [0.1, 0.15) is 24.9 Å². The van der Waals surface area contributed by atoms with Gasteiger partial charge < -0.3 is 0 Å². The fourth-order valence-corrected chi connectivity index (χ4v) is 1.83. The summed E-state index contributed by atoms with van der Waals surface area (Å²) in [6, 6.07) is 6.05. The smallest absolute Gasteiger partial charge is 0.0710 e. The normalized spacial score (nSPS) is 12.9. The Hall–Kier alpha value is -1.65. The van der Waals surface area contributed by atoms with Crippen LogP contribution in [0.4, 0.5) is 0 Å². The second-order valence-electron chi connectivity index (χ2n) is 4.01. The van der Waals surface area contributed by atoms with Gasteiger partial charge in [-0.15, -0.1) is 6.58 Å². The van der Waals surface area contributed by atoms with Crippen LogP contribution in [0.15, 0.2) is 42.7 Å². The number of nitrogens with one attached hydrogen (secondary N) is 1. The summed E-state index contributed by atoms with van der Waals surface area (Å²) in [6.07, 6.45) is 4.59. The van der Waals surface area contributed by atoms with E-state index in [9.17, 15) is 0 Å². The van der Waals surface area contributed by atoms with Crippen LogP contribution in [-0.2, 0) is 0 Å². The molecule has 4 heteroatoms. The minimum Gasteiger partial charge on any atom is -0.271 e. The fourth-order valence-electron chi connectivity index (χ4n) is 1.83. The fraction of sp³-hybridized carbons (Fsp3) is 0.250. The lowest BCUT2D eigenvalue weighted by molar-refractivity contribution is 0.553. The summed E-state index contributed by atoms with van der Waals surface area (Å²) in [4.78, 5) is 0. The zero-order valence-electron chi connectivity index (χ0n) is 9.35. The molecule has 0 aliphatic rings. The van der Waals surface area contributed by atoms with Gasteiger partial charge in [0.2, 0.25) is 0 Å². The number of hydrogen-bond acceptors (Lipinski definition) is 3. The van der Waals surface area contributed by atoms with E-state index < -0.39 is 0 Å². The summed E-state index contributed by atoms with van der Waals surface area (Å²) in [6.45, 7) is 5.91. The third-order valence-electron chi connectivity index (χ3n) is 2.59. The van der Waals surface area contributed by atoms with Crippen molar-refractivity contribution in [2.24, 2.45) is 5.84 Å². The molecular weight excluding hydrogens is 200 g/mol. The predicted octanol–water partition coefficient (Wildman–Crippen LogP) is 1.80. The van der Waals surface area contributed by atoms with Gasteiger partial charge in [-0.2, -0.15) is 5.10 Å². The molecule has 3 N–H and O–H groups in total. The molecule has 84 valence electrons. The summed E-state index contributed by atoms with van der Waals surface area (Å²) < 4.78 is 1.85. The largest absolute Gasteiger partial charge is 0.271 e. The van der Waals surface area contributed by atoms with E-state index in [-0.39, 0.29) is 6.04 Å². The molecule has 0 aliphatic heterocycles. The summed E-state index contributed by atoms with van der Waals surface area (Å²) in [7, 11) is 0. The van der Waals surface area contributed by atoms with Gasteiger partial charge in [0.1, 0.15) is 0 Å². The molecule has 0 spiro atoms. The van der Waals surface area contributed by atoms with E-state index in [0.29, 0.717) is 0 Å². The van der Waals surface area contributed by atoms with E-state index in [1.807, 2.05) is 42.0 Å². The van der Waals surface area contributed by atoms with Crippen LogP contribution in [0.3, 0.4) is 0 Å². The zero-order chi connectivity index (χ0) is 11.5. The number of fused-ring (bicyclic) bond motifs is 1. The van der Waals surface area contributed by atoms with E-state index in [4.69, 9.17) is 5.84 Å². The Morgan fingerprint density at radius 2 is 2.44 bits per heavy atom. The quantitative estimate of drug-likeness (QED) is 0.465. The van der Waals surface area contributed by atoms with Crippen molar-refractivity contribution >= 4 is 5.52 Å². The van der Waals surface area contributed by atoms with Crippen molar-refractivity contribution in [3.05, 3.63) is 48.3 Å². The first kappa shape index (κ1) is 10.9. The topological polar surface area (TPSA) is 55.3 Å². The summed E-state index contributed by atoms with van der Waals surface area (Å²) in [5.74, 6) is 5.58. The van der Waals surface area contributed by atoms with E-state index in [1.165, 1.54) is 0 Å². The van der Waals surface area contributed by atoms with Gasteiger partial charge in [-0.05, 0) is 25.5 Å². The molecule has 0 fully saturated rings. The van der Waals surface area contributed by atoms with Crippen molar-refractivity contribution in [2.45, 2.75) is 19.4 Å². The predicted molar refractivity (Wildman–Crippen MR) is 64.7 cm³/mol. The van der Waals surface area contributed by atoms with E-state index in [0.717, 1.165) is 23.1 Å². The summed E-state index contributed by atoms with van der Waals surface area (Å²) in [5, 5.41) is 4.29. The first-order valence-electron chi connectivity index (χ1n) is 5.25. The van der Waals surface area contributed by atoms with Gasteiger partial charge in [0.25, 0.3) is 0 Å². The number of hydrogen-bond donors (Lipinski definition) is 2. The Balaban J connectivity index is 2.41. The lowest BCUT2D eigenvalue weighted by Crippen LogP contribution is -2.28. The number of nitrogens with zero attached hydrogens (tertiary/aromatic N) is 2. The Bertz CT molecular complexity index is 500. The number of pyridine rings is 1. The van der Waals surface area contributed by atoms with Crippen molar-refractivity contribution in [2.75, 3.05) is 0 Å². The molecule has 2 rings (SSSR count). The minimum atomic E-state index is 0.0670. The van der Waals surface area contributed by atoms with E-state index in [2.05, 4.69) is 17.1 Å². The van der Waals surface area contributed by atoms with E-state index in [1.54, 1.807) is 0 Å². The average molecular weight is 216 g/mol. The van der Waals surface area contributed by atoms with E-state index >= 15 is 0 Å². The zero-order valence-corrected chi connectivity index (χ0v) is 9.35. The van der Waals surface area contributed by atoms with Crippen molar-refractivity contribution in [3.63, 3.8) is 0 Å². The molecule has 0 radical (unpaired) electrons. The molecular formula is C12H16N4. The molecule has 1 unspecified atom stereocenters. The second-order valence-corrected chi connectivity index (χ2v) is 4.01. The molecule has 2 heterocycles. The molecule has 1 atom stereocenters. The number of rotatable bonds is 4. The molecule has 0 aliphatic carbocycles. The molecule has 0 bridgehead atoms. The van der Waals surface area contributed by atoms with Gasteiger partial charge in [0, 0.05) is 11.8 Å². The number of aromatic nitrogens is 2. The maximum Gasteiger partial charge on any atom is 0.0710 e. The van der Waals surface area contributed by atoms with Crippen molar-refractivity contribution in [1.82, 2.24) is 15.0 Å². The molecule has 0 aromatic carbocycles. The van der Waals surface area contributed by atoms with Crippen LogP contribution in [0, 0.1) is 0 Å². The maximum absolute atomic E-state index is 5.58. The van der Waals surface area contributed by atoms with Crippen LogP contribution in [0.2, 0.25) is 0 Å². The Labute approximate surface area is 94.7 Å². The van der Waals surface area contributed by atoms with Gasteiger partial charge in [-0.3, -0.25) is 11.3 Å². The van der Waals surface area contributed by atoms with Gasteiger partial charge in [0.05, 0.1) is 17.8 Å². The van der Waals surface area contributed by atoms with Crippen molar-refractivity contribution in [3.8, 4) is 0 Å². The summed E-state index contributed by atoms with van der Waals surface area (Å²) >= 11 is 0. The lowest BCUT2D eigenvalue weighted by atomic mass is 10.0. The van der Waals surface area contributed by atoms with Crippen LogP contribution in [-0.4, -0.2) is 9.61 Å². The number of hydrazine groups is 1. The highest BCUT2D eigenvalue weighted by Gasteiger charge is 2.14. The summed E-state index contributed by atoms with van der Waals surface area (Å²) in [5.41, 5.74) is 6.09. The molecule has 0 saturated carbocycles. The molecule has 2 aromatic heterocycles. The molecule has 0 amide bonds. The Morgan fingerprint density at radius 1 is 1.62 bits per heavy atom. The van der Waals surface area contributed by atoms with Gasteiger partial charge in [-0.1, -0.05) is 11.6 Å². The molecule has 16 heavy (non-hydrogen) atoms. The van der Waals surface area contributed by atoms with Gasteiger partial charge in [0.15, 0.2) is 0 Å². The SMILES string of the molecule is C=C(C)CC(NN)c1cnn2ccccc12. The van der Waals surface area contributed by atoms with Crippen LogP contribution in [0.5, 0.6) is 0 Å². The van der Waals surface area contributed by atoms with Crippen LogP contribution >= 0.6 is 0 Å². The van der Waals surface area contributed by atoms with Crippen LogP contribution < -0.4 is 11.3 Å². The highest BCUT2D eigenvalue weighted by atomic mass is 15.3. The Kier molecular flexibility index (Phi) is 3.03. The van der Waals surface area contributed by atoms with Crippen molar-refractivity contribution in [1.29, 1.82) is 0 Å². The minimum absolute atomic E-state index is 0.0670. The maximum atomic E-state index is 5.58. The molecule has 0 saturated heterocycles. The third-order valence-corrected chi connectivity index (χ3v) is 2.59. The van der Waals surface area contributed by atoms with Gasteiger partial charge in [-0.25, -0.2) is 4.52 Å². The lowest BCUT2D eigenvalue weighted by Gasteiger charge is -2.14. The monoisotopic (exact) mass is 216 g/mol. The Morgan fingerprint density at radius 3 is 3.12 bits per heavy atom. The molecule has 2 aromatic rings. The van der Waals surface area contributed by atoms with Crippen LogP contribution in [0.25, 0.3) is 5.52 Å². The third kappa shape index (κ3) is 1.98. The average Bonchev–Trinajstić information content (AvgIpc) is 2.69. The first-order valence-corrected chi connectivity index (χ1v) is 5.25. The highest BCUT2D eigenvalue weighted by molar-refractivity contribution is 5.55. The first-order chi connectivity index (χ1) is 7.72. The van der Waals surface area contributed by atoms with Crippen molar-refractivity contribution < 1.29 is 0 Å². The second kappa shape index (κ2) is 4.47. The molecule has 4 nitrogen and oxygen atoms in total. The standard InChI is InChI=1S/C12H16N4/c1-9(2)7-11(15-13)10-8-14-16-6-4-3-5-12(10)16/h3-6,8,11,15H,1,7,13H2,2H3.